The predicted molar refractivity (Wildman–Crippen MR) is 205 cm³/mol. The third-order valence-corrected chi connectivity index (χ3v) is 9.60. The molecule has 250 valence electrons. The Hall–Kier alpha value is -6.29. The summed E-state index contributed by atoms with van der Waals surface area (Å²) >= 11 is 0. The molecule has 0 unspecified atom stereocenters. The minimum Gasteiger partial charge on any atom is -0.507 e. The second kappa shape index (κ2) is 12.8. The Balaban J connectivity index is 0.00000360. The van der Waals surface area contributed by atoms with Crippen LogP contribution in [0.15, 0.2) is 168 Å². The van der Waals surface area contributed by atoms with E-state index < -0.39 is 0 Å². The molecule has 0 spiro atoms. The third-order valence-electron chi connectivity index (χ3n) is 9.60. The maximum atomic E-state index is 11.0. The number of rotatable bonds is 5. The molecule has 0 aliphatic carbocycles. The van der Waals surface area contributed by atoms with E-state index in [9.17, 15) is 5.11 Å². The van der Waals surface area contributed by atoms with E-state index in [1.54, 1.807) is 6.07 Å². The van der Waals surface area contributed by atoms with E-state index in [4.69, 9.17) is 14.4 Å². The molecule has 0 atom stereocenters. The second-order valence-corrected chi connectivity index (χ2v) is 12.7. The summed E-state index contributed by atoms with van der Waals surface area (Å²) in [6.07, 6.45) is 2.10. The van der Waals surface area contributed by atoms with Gasteiger partial charge in [-0.15, -0.1) is 12.1 Å². The van der Waals surface area contributed by atoms with Crippen molar-refractivity contribution in [2.45, 2.75) is 0 Å². The van der Waals surface area contributed by atoms with E-state index in [2.05, 4.69) is 102 Å². The molecule has 6 heteroatoms. The van der Waals surface area contributed by atoms with E-state index in [0.717, 1.165) is 66.4 Å². The number of benzene rings is 6. The summed E-state index contributed by atoms with van der Waals surface area (Å²) < 4.78 is 8.81. The first-order valence-corrected chi connectivity index (χ1v) is 16.9. The van der Waals surface area contributed by atoms with Gasteiger partial charge >= 0.3 is 0 Å². The number of fused-ring (bicyclic) bond motifs is 6. The molecule has 1 N–H and O–H groups in total. The molecule has 0 fully saturated rings. The Morgan fingerprint density at radius 2 is 1.25 bits per heavy atom. The number of phenolic OH excluding ortho intramolecular Hbond substituents is 1. The average molecular weight is 850 g/mol. The van der Waals surface area contributed by atoms with E-state index >= 15 is 0 Å². The Bertz CT molecular complexity index is 2930. The summed E-state index contributed by atoms with van der Waals surface area (Å²) in [6.45, 7) is 0. The van der Waals surface area contributed by atoms with Crippen LogP contribution in [0.5, 0.6) is 5.75 Å². The molecule has 0 saturated heterocycles. The Labute approximate surface area is 313 Å². The standard InChI is InChI=1S/C46H28N3O2.Pt/c50-41-21-11-9-20-36(41)39-27-32(29-13-3-1-4-14-29)28-40(47-39)38-26-33(25-37-35-19-10-12-22-42(35)51-45(37)38)43-44(31-16-5-2-6-17-31)49-24-23-30-15-7-8-18-34(30)46(49)48-43;/h1-25,27-28,50H;/q-1;. The number of phenols is 1. The van der Waals surface area contributed by atoms with Crippen molar-refractivity contribution in [1.82, 2.24) is 14.4 Å². The van der Waals surface area contributed by atoms with Crippen molar-refractivity contribution in [3.05, 3.63) is 170 Å². The zero-order valence-electron chi connectivity index (χ0n) is 27.6. The molecule has 0 radical (unpaired) electrons. The zero-order chi connectivity index (χ0) is 33.9. The van der Waals surface area contributed by atoms with Crippen molar-refractivity contribution < 1.29 is 30.6 Å². The average Bonchev–Trinajstić information content (AvgIpc) is 3.78. The molecule has 0 aliphatic rings. The number of furan rings is 1. The van der Waals surface area contributed by atoms with Gasteiger partial charge in [0.15, 0.2) is 0 Å². The topological polar surface area (TPSA) is 63.6 Å². The normalized spacial score (nSPS) is 11.4. The third kappa shape index (κ3) is 5.21. The van der Waals surface area contributed by atoms with E-state index in [-0.39, 0.29) is 26.8 Å². The van der Waals surface area contributed by atoms with Crippen LogP contribution in [0.2, 0.25) is 0 Å². The fraction of sp³-hybridized carbons (Fsp3) is 0. The number of pyridine rings is 2. The Morgan fingerprint density at radius 3 is 2.06 bits per heavy atom. The first-order valence-electron chi connectivity index (χ1n) is 16.9. The van der Waals surface area contributed by atoms with Gasteiger partial charge in [-0.25, -0.2) is 0 Å². The molecule has 0 bridgehead atoms. The fourth-order valence-electron chi connectivity index (χ4n) is 7.19. The zero-order valence-corrected chi connectivity index (χ0v) is 29.9. The predicted octanol–water partition coefficient (Wildman–Crippen LogP) is 11.6. The number of aromatic hydroxyl groups is 1. The second-order valence-electron chi connectivity index (χ2n) is 12.7. The number of hydrogen-bond donors (Lipinski definition) is 1. The van der Waals surface area contributed by atoms with Crippen LogP contribution in [0, 0.1) is 6.07 Å². The van der Waals surface area contributed by atoms with Gasteiger partial charge in [0.1, 0.15) is 17.0 Å². The van der Waals surface area contributed by atoms with Gasteiger partial charge in [0.2, 0.25) is 0 Å². The molecule has 4 aromatic heterocycles. The molecular formula is C46H28N3O2Pt-. The number of aromatic nitrogens is 3. The molecule has 5 nitrogen and oxygen atoms in total. The summed E-state index contributed by atoms with van der Waals surface area (Å²) in [5.41, 5.74) is 10.7. The van der Waals surface area contributed by atoms with Crippen molar-refractivity contribution in [2.75, 3.05) is 0 Å². The molecule has 10 aromatic rings. The molecule has 6 aromatic carbocycles. The van der Waals surface area contributed by atoms with Crippen LogP contribution < -0.4 is 0 Å². The molecule has 0 saturated carbocycles. The van der Waals surface area contributed by atoms with Crippen LogP contribution >= 0.6 is 0 Å². The van der Waals surface area contributed by atoms with Gasteiger partial charge in [0.05, 0.1) is 11.3 Å². The maximum Gasteiger partial charge on any atom is 0.137 e. The fourth-order valence-corrected chi connectivity index (χ4v) is 7.19. The quantitative estimate of drug-likeness (QED) is 0.175. The largest absolute Gasteiger partial charge is 0.507 e. The first-order chi connectivity index (χ1) is 25.2. The molecular weight excluding hydrogens is 822 g/mol. The van der Waals surface area contributed by atoms with E-state index in [1.807, 2.05) is 66.7 Å². The summed E-state index contributed by atoms with van der Waals surface area (Å²) in [5.74, 6) is 0.164. The van der Waals surface area contributed by atoms with Gasteiger partial charge in [-0.05, 0) is 57.8 Å². The molecule has 52 heavy (non-hydrogen) atoms. The summed E-state index contributed by atoms with van der Waals surface area (Å²) in [5, 5.41) is 15.1. The number of nitrogens with zero attached hydrogens (tertiary/aromatic N) is 3. The van der Waals surface area contributed by atoms with Gasteiger partial charge in [0.25, 0.3) is 0 Å². The minimum atomic E-state index is 0. The SMILES string of the molecule is Oc1ccccc1-c1cc(-c2ccccc2)cc(-c2[c-]c(-c3nc4c5ccccc5ccn4c3-c3ccccc3)cc3c2oc2ccccc23)n1.[Pt]. The van der Waals surface area contributed by atoms with Gasteiger partial charge in [-0.3, -0.25) is 9.97 Å². The number of para-hydroxylation sites is 2. The van der Waals surface area contributed by atoms with Crippen LogP contribution in [0.1, 0.15) is 0 Å². The summed E-state index contributed by atoms with van der Waals surface area (Å²) in [4.78, 5) is 10.6. The molecule has 0 amide bonds. The molecule has 10 rings (SSSR count). The van der Waals surface area contributed by atoms with Gasteiger partial charge in [0, 0.05) is 60.7 Å². The smallest absolute Gasteiger partial charge is 0.137 e. The van der Waals surface area contributed by atoms with Crippen molar-refractivity contribution in [3.63, 3.8) is 0 Å². The van der Waals surface area contributed by atoms with Gasteiger partial charge in [-0.1, -0.05) is 132 Å². The summed E-state index contributed by atoms with van der Waals surface area (Å²) in [6, 6.07) is 56.5. The van der Waals surface area contributed by atoms with Crippen LogP contribution in [0.25, 0.3) is 94.5 Å². The Morgan fingerprint density at radius 1 is 0.577 bits per heavy atom. The molecule has 4 heterocycles. The van der Waals surface area contributed by atoms with E-state index in [0.29, 0.717) is 28.1 Å². The van der Waals surface area contributed by atoms with Crippen molar-refractivity contribution in [1.29, 1.82) is 0 Å². The van der Waals surface area contributed by atoms with Gasteiger partial charge < -0.3 is 13.9 Å². The van der Waals surface area contributed by atoms with Gasteiger partial charge in [-0.2, -0.15) is 0 Å². The van der Waals surface area contributed by atoms with Crippen LogP contribution in [-0.2, 0) is 21.1 Å². The molecule has 0 aliphatic heterocycles. The van der Waals surface area contributed by atoms with Crippen LogP contribution in [-0.4, -0.2) is 19.5 Å². The number of hydrogen-bond acceptors (Lipinski definition) is 4. The maximum absolute atomic E-state index is 11.0. The van der Waals surface area contributed by atoms with Crippen molar-refractivity contribution >= 4 is 38.4 Å². The minimum absolute atomic E-state index is 0. The van der Waals surface area contributed by atoms with Crippen LogP contribution in [0.3, 0.4) is 0 Å². The van der Waals surface area contributed by atoms with Crippen molar-refractivity contribution in [3.8, 4) is 61.9 Å². The van der Waals surface area contributed by atoms with Crippen LogP contribution in [0.4, 0.5) is 0 Å². The number of imidazole rings is 1. The first kappa shape index (κ1) is 31.7. The van der Waals surface area contributed by atoms with E-state index in [1.165, 1.54) is 0 Å². The van der Waals surface area contributed by atoms with Crippen molar-refractivity contribution in [2.24, 2.45) is 0 Å². The summed E-state index contributed by atoms with van der Waals surface area (Å²) in [7, 11) is 0. The Kier molecular flexibility index (Phi) is 7.79. The monoisotopic (exact) mass is 849 g/mol.